The minimum absolute atomic E-state index is 0.274. The Balaban J connectivity index is 2.08. The molecule has 0 amide bonds. The molecule has 3 aromatic rings. The number of carbonyl (C=O) groups is 1. The second-order valence-electron chi connectivity index (χ2n) is 5.26. The number of aryl methyl sites for hydroxylation is 1. The van der Waals surface area contributed by atoms with Crippen molar-refractivity contribution in [2.45, 2.75) is 24.3 Å². The molecule has 0 aliphatic heterocycles. The Morgan fingerprint density at radius 3 is 2.88 bits per heavy atom. The van der Waals surface area contributed by atoms with Crippen molar-refractivity contribution in [1.29, 1.82) is 0 Å². The van der Waals surface area contributed by atoms with E-state index in [1.807, 2.05) is 24.4 Å². The number of thioether (sulfide) groups is 1. The summed E-state index contributed by atoms with van der Waals surface area (Å²) in [7, 11) is 0. The topological polar surface area (TPSA) is 83.0 Å². The summed E-state index contributed by atoms with van der Waals surface area (Å²) < 4.78 is 0. The van der Waals surface area contributed by atoms with E-state index in [1.165, 1.54) is 11.3 Å². The van der Waals surface area contributed by atoms with Crippen LogP contribution in [0, 0.1) is 6.92 Å². The molecule has 2 N–H and O–H groups in total. The standard InChI is InChI=1S/C16H13ClN2O3S2/c1-7-5-9(3-4-11(7)17)10-6-23-14-12(10)13(20)18-16(19-14)24-8(2)15(21)22/h3-6,8H,1-2H3,(H,21,22)(H,18,19,20). The van der Waals surface area contributed by atoms with Gasteiger partial charge in [0.25, 0.3) is 5.56 Å². The number of thiophene rings is 1. The maximum Gasteiger partial charge on any atom is 0.316 e. The maximum absolute atomic E-state index is 12.5. The minimum Gasteiger partial charge on any atom is -0.480 e. The summed E-state index contributed by atoms with van der Waals surface area (Å²) in [6.45, 7) is 3.46. The summed E-state index contributed by atoms with van der Waals surface area (Å²) in [5.41, 5.74) is 2.35. The van der Waals surface area contributed by atoms with Gasteiger partial charge in [0.15, 0.2) is 5.16 Å². The van der Waals surface area contributed by atoms with E-state index in [2.05, 4.69) is 9.97 Å². The Kier molecular flexibility index (Phi) is 4.67. The molecule has 0 aliphatic carbocycles. The Hall–Kier alpha value is -1.83. The van der Waals surface area contributed by atoms with Crippen molar-refractivity contribution in [3.63, 3.8) is 0 Å². The Bertz CT molecular complexity index is 997. The highest BCUT2D eigenvalue weighted by molar-refractivity contribution is 8.00. The zero-order chi connectivity index (χ0) is 17.4. The van der Waals surface area contributed by atoms with Gasteiger partial charge in [0, 0.05) is 16.0 Å². The molecule has 2 heterocycles. The van der Waals surface area contributed by atoms with Crippen molar-refractivity contribution in [3.8, 4) is 11.1 Å². The molecule has 24 heavy (non-hydrogen) atoms. The second kappa shape index (κ2) is 6.58. The van der Waals surface area contributed by atoms with Gasteiger partial charge in [0.2, 0.25) is 0 Å². The van der Waals surface area contributed by atoms with Crippen LogP contribution in [0.25, 0.3) is 21.3 Å². The van der Waals surface area contributed by atoms with Gasteiger partial charge in [-0.1, -0.05) is 29.4 Å². The number of hydrogen-bond acceptors (Lipinski definition) is 5. The van der Waals surface area contributed by atoms with Gasteiger partial charge in [-0.25, -0.2) is 4.98 Å². The number of halogens is 1. The van der Waals surface area contributed by atoms with Gasteiger partial charge in [-0.05, 0) is 37.1 Å². The van der Waals surface area contributed by atoms with Crippen LogP contribution in [0.1, 0.15) is 12.5 Å². The zero-order valence-corrected chi connectivity index (χ0v) is 15.2. The quantitative estimate of drug-likeness (QED) is 0.524. The molecule has 0 bridgehead atoms. The number of H-pyrrole nitrogens is 1. The van der Waals surface area contributed by atoms with E-state index in [4.69, 9.17) is 16.7 Å². The van der Waals surface area contributed by atoms with Gasteiger partial charge in [0.05, 0.1) is 5.39 Å². The van der Waals surface area contributed by atoms with Gasteiger partial charge in [0.1, 0.15) is 10.1 Å². The first-order valence-corrected chi connectivity index (χ1v) is 9.18. The van der Waals surface area contributed by atoms with E-state index in [9.17, 15) is 9.59 Å². The van der Waals surface area contributed by atoms with Crippen LogP contribution in [0.3, 0.4) is 0 Å². The third-order valence-corrected chi connectivity index (χ3v) is 5.80. The summed E-state index contributed by atoms with van der Waals surface area (Å²) in [6, 6.07) is 5.60. The number of nitrogens with zero attached hydrogens (tertiary/aromatic N) is 1. The fourth-order valence-electron chi connectivity index (χ4n) is 2.23. The van der Waals surface area contributed by atoms with Gasteiger partial charge in [-0.3, -0.25) is 9.59 Å². The van der Waals surface area contributed by atoms with E-state index < -0.39 is 11.2 Å². The van der Waals surface area contributed by atoms with Crippen LogP contribution >= 0.6 is 34.7 Å². The molecule has 8 heteroatoms. The van der Waals surface area contributed by atoms with Crippen LogP contribution in [0.5, 0.6) is 0 Å². The molecular weight excluding hydrogens is 368 g/mol. The molecule has 5 nitrogen and oxygen atoms in total. The monoisotopic (exact) mass is 380 g/mol. The summed E-state index contributed by atoms with van der Waals surface area (Å²) in [4.78, 5) is 31.1. The molecular formula is C16H13ClN2O3S2. The number of carboxylic acids is 1. The number of rotatable bonds is 4. The van der Waals surface area contributed by atoms with Gasteiger partial charge in [-0.2, -0.15) is 0 Å². The van der Waals surface area contributed by atoms with E-state index in [-0.39, 0.29) is 5.56 Å². The number of benzene rings is 1. The van der Waals surface area contributed by atoms with E-state index in [0.717, 1.165) is 28.5 Å². The Morgan fingerprint density at radius 1 is 1.46 bits per heavy atom. The lowest BCUT2D eigenvalue weighted by molar-refractivity contribution is -0.136. The van der Waals surface area contributed by atoms with Gasteiger partial charge < -0.3 is 10.1 Å². The van der Waals surface area contributed by atoms with Crippen LogP contribution in [-0.4, -0.2) is 26.3 Å². The molecule has 1 aromatic carbocycles. The molecule has 2 aromatic heterocycles. The Labute approximate surface area is 150 Å². The average molecular weight is 381 g/mol. The molecule has 0 saturated carbocycles. The second-order valence-corrected chi connectivity index (χ2v) is 7.86. The molecule has 0 spiro atoms. The number of carboxylic acid groups (broad SMARTS) is 1. The molecule has 3 rings (SSSR count). The van der Waals surface area contributed by atoms with Crippen LogP contribution < -0.4 is 5.56 Å². The maximum atomic E-state index is 12.5. The molecule has 0 fully saturated rings. The van der Waals surface area contributed by atoms with Crippen LogP contribution in [0.2, 0.25) is 5.02 Å². The largest absolute Gasteiger partial charge is 0.480 e. The Morgan fingerprint density at radius 2 is 2.21 bits per heavy atom. The molecule has 0 saturated heterocycles. The van der Waals surface area contributed by atoms with Crippen molar-refractivity contribution in [2.75, 3.05) is 0 Å². The lowest BCUT2D eigenvalue weighted by Gasteiger charge is -2.06. The lowest BCUT2D eigenvalue weighted by atomic mass is 10.0. The molecule has 1 atom stereocenters. The number of aromatic amines is 1. The SMILES string of the molecule is Cc1cc(-c2csc3nc(SC(C)C(=O)O)[nH]c(=O)c23)ccc1Cl. The van der Waals surface area contributed by atoms with Crippen molar-refractivity contribution >= 4 is 50.9 Å². The lowest BCUT2D eigenvalue weighted by Crippen LogP contribution is -2.14. The summed E-state index contributed by atoms with van der Waals surface area (Å²) >= 11 is 8.43. The highest BCUT2D eigenvalue weighted by Crippen LogP contribution is 2.33. The molecule has 124 valence electrons. The molecule has 1 unspecified atom stereocenters. The van der Waals surface area contributed by atoms with E-state index in [1.54, 1.807) is 13.0 Å². The average Bonchev–Trinajstić information content (AvgIpc) is 2.94. The highest BCUT2D eigenvalue weighted by atomic mass is 35.5. The van der Waals surface area contributed by atoms with Crippen LogP contribution in [0.15, 0.2) is 33.5 Å². The summed E-state index contributed by atoms with van der Waals surface area (Å²) in [5.74, 6) is -0.953. The third kappa shape index (κ3) is 3.19. The fraction of sp³-hybridized carbons (Fsp3) is 0.188. The molecule has 0 aliphatic rings. The summed E-state index contributed by atoms with van der Waals surface area (Å²) in [5, 5.41) is 11.7. The number of aromatic nitrogens is 2. The van der Waals surface area contributed by atoms with E-state index >= 15 is 0 Å². The summed E-state index contributed by atoms with van der Waals surface area (Å²) in [6.07, 6.45) is 0. The third-order valence-electron chi connectivity index (χ3n) is 3.53. The highest BCUT2D eigenvalue weighted by Gasteiger charge is 2.17. The predicted octanol–water partition coefficient (Wildman–Crippen LogP) is 4.18. The van der Waals surface area contributed by atoms with Crippen LogP contribution in [-0.2, 0) is 4.79 Å². The predicted molar refractivity (Wildman–Crippen MR) is 98.4 cm³/mol. The first-order valence-electron chi connectivity index (χ1n) is 7.04. The molecule has 0 radical (unpaired) electrons. The normalized spacial score (nSPS) is 12.5. The van der Waals surface area contributed by atoms with Crippen LogP contribution in [0.4, 0.5) is 0 Å². The van der Waals surface area contributed by atoms with Gasteiger partial charge >= 0.3 is 5.97 Å². The van der Waals surface area contributed by atoms with Crippen molar-refractivity contribution in [1.82, 2.24) is 9.97 Å². The smallest absolute Gasteiger partial charge is 0.316 e. The first kappa shape index (κ1) is 17.0. The number of fused-ring (bicyclic) bond motifs is 1. The fourth-order valence-corrected chi connectivity index (χ4v) is 4.08. The minimum atomic E-state index is -0.953. The van der Waals surface area contributed by atoms with Crippen molar-refractivity contribution in [3.05, 3.63) is 44.5 Å². The number of hydrogen-bond donors (Lipinski definition) is 2. The number of nitrogens with one attached hydrogen (secondary N) is 1. The van der Waals surface area contributed by atoms with Crippen molar-refractivity contribution in [2.24, 2.45) is 0 Å². The first-order chi connectivity index (χ1) is 11.4. The van der Waals surface area contributed by atoms with Gasteiger partial charge in [-0.15, -0.1) is 11.3 Å². The zero-order valence-electron chi connectivity index (χ0n) is 12.8. The van der Waals surface area contributed by atoms with Crippen molar-refractivity contribution < 1.29 is 9.90 Å². The van der Waals surface area contributed by atoms with E-state index in [0.29, 0.717) is 20.4 Å². The number of aliphatic carboxylic acids is 1.